The number of carboxylic acids is 1. The van der Waals surface area contributed by atoms with Gasteiger partial charge in [-0.15, -0.1) is 0 Å². The second-order valence-corrected chi connectivity index (χ2v) is 4.24. The lowest BCUT2D eigenvalue weighted by atomic mass is 10.2. The van der Waals surface area contributed by atoms with Crippen LogP contribution in [-0.4, -0.2) is 48.3 Å². The van der Waals surface area contributed by atoms with Crippen LogP contribution in [0.5, 0.6) is 0 Å². The SMILES string of the molecule is O=C(O)[C@@H]1C[C@@H](OC(=O)[C@@H]2CCCN2)CN1. The molecule has 2 rings (SSSR count). The normalized spacial score (nSPS) is 33.9. The van der Waals surface area contributed by atoms with Crippen LogP contribution < -0.4 is 10.6 Å². The molecule has 16 heavy (non-hydrogen) atoms. The van der Waals surface area contributed by atoms with Crippen molar-refractivity contribution < 1.29 is 19.4 Å². The molecule has 6 nitrogen and oxygen atoms in total. The Balaban J connectivity index is 1.78. The van der Waals surface area contributed by atoms with Crippen LogP contribution in [0.15, 0.2) is 0 Å². The van der Waals surface area contributed by atoms with Gasteiger partial charge in [-0.3, -0.25) is 9.59 Å². The van der Waals surface area contributed by atoms with Crippen LogP contribution in [-0.2, 0) is 14.3 Å². The number of carbonyl (C=O) groups is 2. The summed E-state index contributed by atoms with van der Waals surface area (Å²) in [6.07, 6.45) is 1.84. The zero-order valence-corrected chi connectivity index (χ0v) is 8.94. The van der Waals surface area contributed by atoms with Gasteiger partial charge in [0.15, 0.2) is 0 Å². The number of rotatable bonds is 3. The largest absolute Gasteiger partial charge is 0.480 e. The first kappa shape index (κ1) is 11.3. The fraction of sp³-hybridized carbons (Fsp3) is 0.800. The van der Waals surface area contributed by atoms with Crippen molar-refractivity contribution in [2.24, 2.45) is 0 Å². The lowest BCUT2D eigenvalue weighted by Gasteiger charge is -2.14. The standard InChI is InChI=1S/C10H16N2O4/c13-9(14)8-4-6(5-12-8)16-10(15)7-2-1-3-11-7/h6-8,11-12H,1-5H2,(H,13,14)/t6-,7+,8+/m1/s1. The second kappa shape index (κ2) is 4.80. The quantitative estimate of drug-likeness (QED) is 0.542. The molecule has 2 heterocycles. The Kier molecular flexibility index (Phi) is 3.40. The number of hydrogen-bond donors (Lipinski definition) is 3. The van der Waals surface area contributed by atoms with E-state index < -0.39 is 12.0 Å². The first-order valence-corrected chi connectivity index (χ1v) is 5.57. The summed E-state index contributed by atoms with van der Waals surface area (Å²) in [5, 5.41) is 14.6. The van der Waals surface area contributed by atoms with E-state index in [0.29, 0.717) is 13.0 Å². The summed E-state index contributed by atoms with van der Waals surface area (Å²) in [5.41, 5.74) is 0. The molecule has 2 fully saturated rings. The van der Waals surface area contributed by atoms with Gasteiger partial charge < -0.3 is 20.5 Å². The van der Waals surface area contributed by atoms with Gasteiger partial charge in [0, 0.05) is 13.0 Å². The van der Waals surface area contributed by atoms with E-state index in [1.165, 1.54) is 0 Å². The lowest BCUT2D eigenvalue weighted by molar-refractivity contribution is -0.151. The molecule has 0 aromatic rings. The third kappa shape index (κ3) is 2.51. The molecular formula is C10H16N2O4. The van der Waals surface area contributed by atoms with Gasteiger partial charge in [-0.25, -0.2) is 0 Å². The summed E-state index contributed by atoms with van der Waals surface area (Å²) in [6.45, 7) is 1.27. The average molecular weight is 228 g/mol. The number of aliphatic carboxylic acids is 1. The van der Waals surface area contributed by atoms with Crippen LogP contribution in [0.2, 0.25) is 0 Å². The van der Waals surface area contributed by atoms with Crippen LogP contribution in [0.3, 0.4) is 0 Å². The van der Waals surface area contributed by atoms with E-state index in [4.69, 9.17) is 9.84 Å². The summed E-state index contributed by atoms with van der Waals surface area (Å²) < 4.78 is 5.25. The first-order valence-electron chi connectivity index (χ1n) is 5.57. The van der Waals surface area contributed by atoms with E-state index in [1.807, 2.05) is 0 Å². The van der Waals surface area contributed by atoms with Crippen molar-refractivity contribution in [3.05, 3.63) is 0 Å². The highest BCUT2D eigenvalue weighted by Crippen LogP contribution is 2.14. The maximum absolute atomic E-state index is 11.6. The molecule has 90 valence electrons. The molecule has 0 spiro atoms. The highest BCUT2D eigenvalue weighted by Gasteiger charge is 2.33. The molecule has 3 N–H and O–H groups in total. The van der Waals surface area contributed by atoms with E-state index in [9.17, 15) is 9.59 Å². The second-order valence-electron chi connectivity index (χ2n) is 4.24. The van der Waals surface area contributed by atoms with E-state index in [2.05, 4.69) is 10.6 Å². The van der Waals surface area contributed by atoms with Crippen LogP contribution in [0, 0.1) is 0 Å². The minimum Gasteiger partial charge on any atom is -0.480 e. The Morgan fingerprint density at radius 2 is 2.06 bits per heavy atom. The molecule has 0 aromatic heterocycles. The van der Waals surface area contributed by atoms with E-state index in [0.717, 1.165) is 19.4 Å². The first-order chi connectivity index (χ1) is 7.66. The predicted molar refractivity (Wildman–Crippen MR) is 54.9 cm³/mol. The van der Waals surface area contributed by atoms with Crippen LogP contribution in [0.1, 0.15) is 19.3 Å². The average Bonchev–Trinajstić information content (AvgIpc) is 2.87. The zero-order chi connectivity index (χ0) is 11.5. The Hall–Kier alpha value is -1.14. The Labute approximate surface area is 93.3 Å². The van der Waals surface area contributed by atoms with Crippen LogP contribution in [0.4, 0.5) is 0 Å². The van der Waals surface area contributed by atoms with Gasteiger partial charge in [0.25, 0.3) is 0 Å². The molecule has 0 unspecified atom stereocenters. The molecule has 0 aliphatic carbocycles. The molecule has 0 saturated carbocycles. The molecule has 0 bridgehead atoms. The number of esters is 1. The van der Waals surface area contributed by atoms with Gasteiger partial charge in [0.05, 0.1) is 0 Å². The third-order valence-electron chi connectivity index (χ3n) is 3.02. The van der Waals surface area contributed by atoms with Gasteiger partial charge in [0.1, 0.15) is 18.2 Å². The van der Waals surface area contributed by atoms with E-state index in [-0.39, 0.29) is 18.1 Å². The summed E-state index contributed by atoms with van der Waals surface area (Å²) in [4.78, 5) is 22.3. The topological polar surface area (TPSA) is 87.7 Å². The highest BCUT2D eigenvalue weighted by atomic mass is 16.5. The molecule has 0 amide bonds. The van der Waals surface area contributed by atoms with Gasteiger partial charge in [0.2, 0.25) is 0 Å². The Morgan fingerprint density at radius 3 is 2.62 bits per heavy atom. The van der Waals surface area contributed by atoms with Crippen LogP contribution >= 0.6 is 0 Å². The van der Waals surface area contributed by atoms with Crippen molar-refractivity contribution in [1.29, 1.82) is 0 Å². The van der Waals surface area contributed by atoms with Gasteiger partial charge in [-0.2, -0.15) is 0 Å². The van der Waals surface area contributed by atoms with E-state index in [1.54, 1.807) is 0 Å². The summed E-state index contributed by atoms with van der Waals surface area (Å²) in [6, 6.07) is -0.793. The van der Waals surface area contributed by atoms with Gasteiger partial charge in [-0.05, 0) is 19.4 Å². The minimum absolute atomic E-state index is 0.205. The summed E-state index contributed by atoms with van der Waals surface area (Å²) >= 11 is 0. The fourth-order valence-electron chi connectivity index (χ4n) is 2.11. The monoisotopic (exact) mass is 228 g/mol. The maximum atomic E-state index is 11.6. The number of carboxylic acid groups (broad SMARTS) is 1. The molecule has 0 radical (unpaired) electrons. The zero-order valence-electron chi connectivity index (χ0n) is 8.94. The van der Waals surface area contributed by atoms with Crippen molar-refractivity contribution in [3.8, 4) is 0 Å². The van der Waals surface area contributed by atoms with Crippen molar-refractivity contribution in [2.75, 3.05) is 13.1 Å². The molecule has 3 atom stereocenters. The molecule has 2 aliphatic heterocycles. The molecule has 2 saturated heterocycles. The van der Waals surface area contributed by atoms with Crippen molar-refractivity contribution in [1.82, 2.24) is 10.6 Å². The maximum Gasteiger partial charge on any atom is 0.323 e. The van der Waals surface area contributed by atoms with Crippen molar-refractivity contribution >= 4 is 11.9 Å². The third-order valence-corrected chi connectivity index (χ3v) is 3.02. The summed E-state index contributed by atoms with van der Waals surface area (Å²) in [7, 11) is 0. The fourth-order valence-corrected chi connectivity index (χ4v) is 2.11. The smallest absolute Gasteiger partial charge is 0.323 e. The minimum atomic E-state index is -0.891. The molecule has 6 heteroatoms. The van der Waals surface area contributed by atoms with Gasteiger partial charge >= 0.3 is 11.9 Å². The number of hydrogen-bond acceptors (Lipinski definition) is 5. The Bertz CT molecular complexity index is 289. The van der Waals surface area contributed by atoms with Gasteiger partial charge in [-0.1, -0.05) is 0 Å². The molecule has 2 aliphatic rings. The van der Waals surface area contributed by atoms with E-state index >= 15 is 0 Å². The number of ether oxygens (including phenoxy) is 1. The Morgan fingerprint density at radius 1 is 1.25 bits per heavy atom. The molecular weight excluding hydrogens is 212 g/mol. The number of nitrogens with one attached hydrogen (secondary N) is 2. The number of carbonyl (C=O) groups excluding carboxylic acids is 1. The van der Waals surface area contributed by atoms with Crippen molar-refractivity contribution in [3.63, 3.8) is 0 Å². The molecule has 0 aromatic carbocycles. The predicted octanol–water partition coefficient (Wildman–Crippen LogP) is -0.903. The lowest BCUT2D eigenvalue weighted by Crippen LogP contribution is -2.35. The highest BCUT2D eigenvalue weighted by molar-refractivity contribution is 5.77. The van der Waals surface area contributed by atoms with Crippen molar-refractivity contribution in [2.45, 2.75) is 37.5 Å². The summed E-state index contributed by atoms with van der Waals surface area (Å²) in [5.74, 6) is -1.15. The van der Waals surface area contributed by atoms with Crippen LogP contribution in [0.25, 0.3) is 0 Å².